The smallest absolute Gasteiger partial charge is 0.237 e. The predicted octanol–water partition coefficient (Wildman–Crippen LogP) is -0.522. The van der Waals surface area contributed by atoms with E-state index in [1.165, 1.54) is 6.42 Å². The van der Waals surface area contributed by atoms with Crippen molar-refractivity contribution in [3.8, 4) is 0 Å². The molecule has 4 aliphatic rings. The van der Waals surface area contributed by atoms with Crippen molar-refractivity contribution in [2.75, 3.05) is 13.1 Å². The van der Waals surface area contributed by atoms with Crippen molar-refractivity contribution in [3.05, 3.63) is 0 Å². The van der Waals surface area contributed by atoms with E-state index in [0.717, 1.165) is 51.5 Å². The van der Waals surface area contributed by atoms with Gasteiger partial charge >= 0.3 is 0 Å². The van der Waals surface area contributed by atoms with Gasteiger partial charge in [0.15, 0.2) is 0 Å². The van der Waals surface area contributed by atoms with E-state index in [2.05, 4.69) is 37.8 Å². The van der Waals surface area contributed by atoms with Crippen LogP contribution in [0.2, 0.25) is 0 Å². The average Bonchev–Trinajstić information content (AvgIpc) is 3.44. The van der Waals surface area contributed by atoms with Crippen LogP contribution in [0.1, 0.15) is 64.7 Å². The molecule has 0 spiro atoms. The zero-order valence-corrected chi connectivity index (χ0v) is 19.0. The summed E-state index contributed by atoms with van der Waals surface area (Å²) in [6.45, 7) is 3.47. The lowest BCUT2D eigenvalue weighted by Crippen LogP contribution is -2.64. The molecular weight excluding hydrogens is 414 g/mol. The van der Waals surface area contributed by atoms with Gasteiger partial charge in [0.05, 0.1) is 18.3 Å². The molecule has 4 fully saturated rings. The van der Waals surface area contributed by atoms with Gasteiger partial charge in [0.2, 0.25) is 11.8 Å². The van der Waals surface area contributed by atoms with Crippen LogP contribution in [0.15, 0.2) is 0 Å². The lowest BCUT2D eigenvalue weighted by molar-refractivity contribution is -0.134. The molecule has 1 saturated carbocycles. The van der Waals surface area contributed by atoms with Crippen molar-refractivity contribution < 1.29 is 19.3 Å². The Morgan fingerprint density at radius 3 is 2.84 bits per heavy atom. The Balaban J connectivity index is 1.02. The normalized spacial score (nSPS) is 37.2. The number of nitrogens with one attached hydrogen (secondary N) is 7. The minimum Gasteiger partial charge on any atom is -0.356 e. The van der Waals surface area contributed by atoms with Gasteiger partial charge in [-0.05, 0) is 52.0 Å². The number of amides is 2. The van der Waals surface area contributed by atoms with Crippen molar-refractivity contribution in [2.24, 2.45) is 11.8 Å². The molecule has 11 nitrogen and oxygen atoms in total. The van der Waals surface area contributed by atoms with E-state index in [-0.39, 0.29) is 48.4 Å². The van der Waals surface area contributed by atoms with Crippen molar-refractivity contribution in [3.63, 3.8) is 0 Å². The first-order valence-corrected chi connectivity index (χ1v) is 12.2. The topological polar surface area (TPSA) is 137 Å². The summed E-state index contributed by atoms with van der Waals surface area (Å²) < 4.78 is 0. The standard InChI is InChI=1S/C21H39N7O4/c1-13-12-16(27-31-13)20-24-18(32-28-20)9-4-8-17(29)22-10-5-11-23-19-14-6-2-3-7-15(14)21(30)26-25-19/h13-16,18-20,23-25,27-28H,2-12H2,1H3,(H,22,29)(H,26,30). The molecule has 182 valence electrons. The SMILES string of the molecule is CC1CC(C2NOC(CCCC(=O)NCCCNC3NNC(=O)C4CCCCC34)N2)NO1. The molecule has 0 aromatic heterocycles. The highest BCUT2D eigenvalue weighted by atomic mass is 16.7. The Labute approximate surface area is 189 Å². The third-order valence-electron chi connectivity index (χ3n) is 6.96. The Kier molecular flexibility index (Phi) is 8.69. The lowest BCUT2D eigenvalue weighted by atomic mass is 9.76. The second-order valence-electron chi connectivity index (χ2n) is 9.47. The number of hydrogen-bond acceptors (Lipinski definition) is 9. The summed E-state index contributed by atoms with van der Waals surface area (Å²) in [5.41, 5.74) is 11.9. The fraction of sp³-hybridized carbons (Fsp3) is 0.905. The van der Waals surface area contributed by atoms with Gasteiger partial charge in [-0.15, -0.1) is 0 Å². The summed E-state index contributed by atoms with van der Waals surface area (Å²) in [5.74, 6) is 0.677. The highest BCUT2D eigenvalue weighted by Gasteiger charge is 2.39. The molecule has 0 aromatic rings. The fourth-order valence-corrected chi connectivity index (χ4v) is 5.17. The molecule has 0 bridgehead atoms. The van der Waals surface area contributed by atoms with Gasteiger partial charge < -0.3 is 10.6 Å². The van der Waals surface area contributed by atoms with Crippen LogP contribution in [0.4, 0.5) is 0 Å². The number of carbonyl (C=O) groups excluding carboxylic acids is 2. The zero-order valence-electron chi connectivity index (χ0n) is 19.0. The monoisotopic (exact) mass is 453 g/mol. The molecule has 3 heterocycles. The van der Waals surface area contributed by atoms with Gasteiger partial charge in [0.25, 0.3) is 0 Å². The first-order valence-electron chi connectivity index (χ1n) is 12.2. The molecular formula is C21H39N7O4. The van der Waals surface area contributed by atoms with Crippen LogP contribution in [-0.2, 0) is 19.3 Å². The summed E-state index contributed by atoms with van der Waals surface area (Å²) in [5, 5.41) is 9.89. The minimum absolute atomic E-state index is 0.0159. The second kappa shape index (κ2) is 11.7. The average molecular weight is 454 g/mol. The summed E-state index contributed by atoms with van der Waals surface area (Å²) in [4.78, 5) is 35.1. The predicted molar refractivity (Wildman–Crippen MR) is 117 cm³/mol. The summed E-state index contributed by atoms with van der Waals surface area (Å²) in [7, 11) is 0. The van der Waals surface area contributed by atoms with E-state index in [1.807, 2.05) is 6.92 Å². The van der Waals surface area contributed by atoms with Crippen LogP contribution in [0.25, 0.3) is 0 Å². The van der Waals surface area contributed by atoms with E-state index < -0.39 is 0 Å². The summed E-state index contributed by atoms with van der Waals surface area (Å²) in [6.07, 6.45) is 8.41. The minimum atomic E-state index is -0.0956. The molecule has 3 aliphatic heterocycles. The maximum atomic E-state index is 12.1. The Morgan fingerprint density at radius 1 is 1.12 bits per heavy atom. The lowest BCUT2D eigenvalue weighted by Gasteiger charge is -2.41. The van der Waals surface area contributed by atoms with Crippen LogP contribution in [0.3, 0.4) is 0 Å². The van der Waals surface area contributed by atoms with E-state index >= 15 is 0 Å². The molecule has 0 radical (unpaired) electrons. The Bertz CT molecular complexity index is 639. The van der Waals surface area contributed by atoms with E-state index in [9.17, 15) is 9.59 Å². The van der Waals surface area contributed by atoms with Crippen molar-refractivity contribution >= 4 is 11.8 Å². The molecule has 7 unspecified atom stereocenters. The van der Waals surface area contributed by atoms with Gasteiger partial charge in [-0.2, -0.15) is 11.0 Å². The second-order valence-corrected chi connectivity index (χ2v) is 9.47. The van der Waals surface area contributed by atoms with Crippen molar-refractivity contribution in [1.82, 2.24) is 37.8 Å². The fourth-order valence-electron chi connectivity index (χ4n) is 5.17. The third-order valence-corrected chi connectivity index (χ3v) is 6.96. The number of fused-ring (bicyclic) bond motifs is 1. The third kappa shape index (κ3) is 6.37. The largest absolute Gasteiger partial charge is 0.356 e. The van der Waals surface area contributed by atoms with Gasteiger partial charge in [-0.25, -0.2) is 5.43 Å². The van der Waals surface area contributed by atoms with Crippen LogP contribution in [0, 0.1) is 11.8 Å². The molecule has 4 rings (SSSR count). The molecule has 7 N–H and O–H groups in total. The molecule has 0 aromatic carbocycles. The first-order chi connectivity index (χ1) is 15.6. The van der Waals surface area contributed by atoms with Crippen LogP contribution in [-0.4, -0.2) is 55.6 Å². The van der Waals surface area contributed by atoms with Crippen LogP contribution < -0.4 is 37.8 Å². The van der Waals surface area contributed by atoms with Gasteiger partial charge in [-0.3, -0.25) is 30.0 Å². The molecule has 11 heteroatoms. The maximum Gasteiger partial charge on any atom is 0.237 e. The molecule has 32 heavy (non-hydrogen) atoms. The number of rotatable bonds is 10. The Hall–Kier alpha value is -1.34. The van der Waals surface area contributed by atoms with E-state index in [0.29, 0.717) is 18.9 Å². The van der Waals surface area contributed by atoms with Gasteiger partial charge in [-0.1, -0.05) is 12.8 Å². The van der Waals surface area contributed by atoms with Crippen molar-refractivity contribution in [1.29, 1.82) is 0 Å². The first kappa shape index (κ1) is 23.8. The Morgan fingerprint density at radius 2 is 2.00 bits per heavy atom. The molecule has 1 aliphatic carbocycles. The summed E-state index contributed by atoms with van der Waals surface area (Å²) >= 11 is 0. The quantitative estimate of drug-likeness (QED) is 0.218. The maximum absolute atomic E-state index is 12.1. The van der Waals surface area contributed by atoms with Crippen LogP contribution >= 0.6 is 0 Å². The number of carbonyl (C=O) groups is 2. The summed E-state index contributed by atoms with van der Waals surface area (Å²) in [6, 6.07) is 0.177. The number of hydrogen-bond donors (Lipinski definition) is 7. The van der Waals surface area contributed by atoms with Gasteiger partial charge in [0.1, 0.15) is 12.4 Å². The number of hydroxylamine groups is 2. The molecule has 7 atom stereocenters. The van der Waals surface area contributed by atoms with Crippen LogP contribution in [0.5, 0.6) is 0 Å². The van der Waals surface area contributed by atoms with Gasteiger partial charge in [0, 0.05) is 24.8 Å². The van der Waals surface area contributed by atoms with Crippen molar-refractivity contribution in [2.45, 2.75) is 95.4 Å². The number of hydrazine groups is 1. The van der Waals surface area contributed by atoms with E-state index in [4.69, 9.17) is 9.68 Å². The molecule has 2 amide bonds. The highest BCUT2D eigenvalue weighted by Crippen LogP contribution is 2.33. The zero-order chi connectivity index (χ0) is 22.3. The molecule has 3 saturated heterocycles. The van der Waals surface area contributed by atoms with E-state index in [1.54, 1.807) is 0 Å². The highest BCUT2D eigenvalue weighted by molar-refractivity contribution is 5.79.